The number of carbonyl (C=O) groups excluding carboxylic acids is 2. The average molecular weight is 639 g/mol. The van der Waals surface area contributed by atoms with E-state index in [9.17, 15) is 18.0 Å². The molecule has 11 heteroatoms. The highest BCUT2D eigenvalue weighted by atomic mass is 35.5. The van der Waals surface area contributed by atoms with E-state index in [4.69, 9.17) is 34.8 Å². The van der Waals surface area contributed by atoms with Crippen molar-refractivity contribution in [3.05, 3.63) is 92.4 Å². The Morgan fingerprint density at radius 2 is 1.59 bits per heavy atom. The van der Waals surface area contributed by atoms with E-state index < -0.39 is 28.5 Å². The third kappa shape index (κ3) is 7.95. The zero-order chi connectivity index (χ0) is 30.3. The molecule has 1 atom stereocenters. The molecule has 0 aliphatic heterocycles. The van der Waals surface area contributed by atoms with E-state index in [1.807, 2.05) is 13.8 Å². The number of amides is 2. The molecule has 0 bridgehead atoms. The van der Waals surface area contributed by atoms with Crippen LogP contribution >= 0.6 is 34.8 Å². The predicted molar refractivity (Wildman–Crippen MR) is 166 cm³/mol. The summed E-state index contributed by atoms with van der Waals surface area (Å²) in [6.07, 6.45) is 1.03. The van der Waals surface area contributed by atoms with Gasteiger partial charge in [-0.05, 0) is 74.2 Å². The van der Waals surface area contributed by atoms with Crippen LogP contribution in [-0.2, 0) is 26.2 Å². The summed E-state index contributed by atoms with van der Waals surface area (Å²) in [5.41, 5.74) is 2.30. The Hall–Kier alpha value is -2.78. The topological polar surface area (TPSA) is 86.8 Å². The lowest BCUT2D eigenvalue weighted by Gasteiger charge is -2.33. The molecule has 0 saturated carbocycles. The fraction of sp³-hybridized carbons (Fsp3) is 0.333. The first kappa shape index (κ1) is 32.7. The van der Waals surface area contributed by atoms with E-state index in [2.05, 4.69) is 5.32 Å². The van der Waals surface area contributed by atoms with Crippen LogP contribution in [0.2, 0.25) is 15.1 Å². The smallest absolute Gasteiger partial charge is 0.264 e. The highest BCUT2D eigenvalue weighted by molar-refractivity contribution is 7.92. The fourth-order valence-corrected chi connectivity index (χ4v) is 6.30. The van der Waals surface area contributed by atoms with Gasteiger partial charge in [0.1, 0.15) is 12.6 Å². The van der Waals surface area contributed by atoms with Gasteiger partial charge in [-0.15, -0.1) is 0 Å². The monoisotopic (exact) mass is 637 g/mol. The van der Waals surface area contributed by atoms with Gasteiger partial charge in [-0.3, -0.25) is 13.9 Å². The number of anilines is 1. The van der Waals surface area contributed by atoms with Crippen molar-refractivity contribution in [1.82, 2.24) is 10.2 Å². The van der Waals surface area contributed by atoms with Crippen LogP contribution in [0.1, 0.15) is 43.4 Å². The summed E-state index contributed by atoms with van der Waals surface area (Å²) >= 11 is 18.7. The summed E-state index contributed by atoms with van der Waals surface area (Å²) in [4.78, 5) is 28.7. The number of halogens is 3. The molecule has 0 radical (unpaired) electrons. The number of rotatable bonds is 12. The van der Waals surface area contributed by atoms with Crippen LogP contribution in [0.4, 0.5) is 5.69 Å². The maximum absolute atomic E-state index is 14.1. The first-order valence-corrected chi connectivity index (χ1v) is 15.8. The van der Waals surface area contributed by atoms with Crippen LogP contribution in [0.5, 0.6) is 0 Å². The second-order valence-corrected chi connectivity index (χ2v) is 12.8. The third-order valence-corrected chi connectivity index (χ3v) is 9.59. The SMILES string of the molecule is CCCNC(=O)[C@H](CC)N(Cc1ccc(Cl)c(Cl)c1)C(=O)CN(c1cccc(Cl)c1C)S(=O)(=O)c1ccc(C)cc1. The molecule has 1 N–H and O–H groups in total. The Balaban J connectivity index is 2.11. The number of sulfonamides is 1. The maximum Gasteiger partial charge on any atom is 0.264 e. The number of hydrogen-bond donors (Lipinski definition) is 1. The highest BCUT2D eigenvalue weighted by Crippen LogP contribution is 2.32. The number of aryl methyl sites for hydroxylation is 1. The second kappa shape index (κ2) is 14.4. The minimum Gasteiger partial charge on any atom is -0.354 e. The summed E-state index contributed by atoms with van der Waals surface area (Å²) in [5.74, 6) is -0.890. The first-order valence-electron chi connectivity index (χ1n) is 13.3. The van der Waals surface area contributed by atoms with Gasteiger partial charge in [0, 0.05) is 18.1 Å². The van der Waals surface area contributed by atoms with Crippen molar-refractivity contribution in [1.29, 1.82) is 0 Å². The zero-order valence-corrected chi connectivity index (χ0v) is 26.5. The lowest BCUT2D eigenvalue weighted by molar-refractivity contribution is -0.140. The van der Waals surface area contributed by atoms with E-state index in [1.165, 1.54) is 17.0 Å². The molecule has 0 aliphatic carbocycles. The van der Waals surface area contributed by atoms with Gasteiger partial charge in [-0.2, -0.15) is 0 Å². The van der Waals surface area contributed by atoms with Crippen LogP contribution in [-0.4, -0.2) is 44.3 Å². The molecule has 220 valence electrons. The van der Waals surface area contributed by atoms with E-state index in [-0.39, 0.29) is 23.0 Å². The minimum atomic E-state index is -4.20. The van der Waals surface area contributed by atoms with Gasteiger partial charge in [-0.1, -0.05) is 78.5 Å². The fourth-order valence-electron chi connectivity index (χ4n) is 4.34. The van der Waals surface area contributed by atoms with Crippen LogP contribution in [0, 0.1) is 13.8 Å². The Morgan fingerprint density at radius 3 is 2.20 bits per heavy atom. The first-order chi connectivity index (χ1) is 19.4. The van der Waals surface area contributed by atoms with Gasteiger partial charge in [0.05, 0.1) is 20.6 Å². The van der Waals surface area contributed by atoms with Crippen LogP contribution in [0.3, 0.4) is 0 Å². The molecule has 2 amide bonds. The van der Waals surface area contributed by atoms with Gasteiger partial charge in [0.15, 0.2) is 0 Å². The molecular weight excluding hydrogens is 605 g/mol. The van der Waals surface area contributed by atoms with E-state index in [0.29, 0.717) is 39.2 Å². The molecule has 0 aromatic heterocycles. The molecule has 0 heterocycles. The molecular formula is C30H34Cl3N3O4S. The maximum atomic E-state index is 14.1. The Kier molecular flexibility index (Phi) is 11.5. The lowest BCUT2D eigenvalue weighted by Crippen LogP contribution is -2.52. The Labute approximate surface area is 257 Å². The standard InChI is InChI=1S/C30H34Cl3N3O4S/c1-5-16-34-30(38)27(6-2)35(18-22-12-15-25(32)26(33)17-22)29(37)19-36(28-9-7-8-24(31)21(28)4)41(39,40)23-13-10-20(3)11-14-23/h7-15,17,27H,5-6,16,18-19H2,1-4H3,(H,34,38)/t27-/m0/s1. The van der Waals surface area contributed by atoms with Gasteiger partial charge in [-0.25, -0.2) is 8.42 Å². The van der Waals surface area contributed by atoms with E-state index in [1.54, 1.807) is 62.4 Å². The summed E-state index contributed by atoms with van der Waals surface area (Å²) in [6, 6.07) is 15.4. The van der Waals surface area contributed by atoms with Crippen molar-refractivity contribution in [2.24, 2.45) is 0 Å². The number of hydrogen-bond acceptors (Lipinski definition) is 4. The van der Waals surface area contributed by atoms with Crippen molar-refractivity contribution in [3.8, 4) is 0 Å². The van der Waals surface area contributed by atoms with Crippen LogP contribution in [0.15, 0.2) is 65.6 Å². The Morgan fingerprint density at radius 1 is 0.902 bits per heavy atom. The minimum absolute atomic E-state index is 0.0146. The molecule has 3 rings (SSSR count). The molecule has 7 nitrogen and oxygen atoms in total. The van der Waals surface area contributed by atoms with Crippen molar-refractivity contribution >= 4 is 62.3 Å². The van der Waals surface area contributed by atoms with Gasteiger partial charge in [0.25, 0.3) is 10.0 Å². The van der Waals surface area contributed by atoms with Crippen LogP contribution in [0.25, 0.3) is 0 Å². The molecule has 0 spiro atoms. The number of nitrogens with one attached hydrogen (secondary N) is 1. The zero-order valence-electron chi connectivity index (χ0n) is 23.5. The Bertz CT molecular complexity index is 1500. The molecule has 41 heavy (non-hydrogen) atoms. The normalized spacial score (nSPS) is 12.1. The summed E-state index contributed by atoms with van der Waals surface area (Å²) < 4.78 is 29.1. The number of carbonyl (C=O) groups is 2. The summed E-state index contributed by atoms with van der Waals surface area (Å²) in [7, 11) is -4.20. The van der Waals surface area contributed by atoms with Crippen LogP contribution < -0.4 is 9.62 Å². The molecule has 0 saturated heterocycles. The van der Waals surface area contributed by atoms with Crippen molar-refractivity contribution in [2.45, 2.75) is 58.0 Å². The van der Waals surface area contributed by atoms with E-state index in [0.717, 1.165) is 16.3 Å². The number of nitrogens with zero attached hydrogens (tertiary/aromatic N) is 2. The summed E-state index contributed by atoms with van der Waals surface area (Å²) in [5, 5.41) is 3.88. The molecule has 3 aromatic carbocycles. The molecule has 0 unspecified atom stereocenters. The van der Waals surface area contributed by atoms with Crippen molar-refractivity contribution in [2.75, 3.05) is 17.4 Å². The van der Waals surface area contributed by atoms with Gasteiger partial charge >= 0.3 is 0 Å². The lowest BCUT2D eigenvalue weighted by atomic mass is 10.1. The van der Waals surface area contributed by atoms with Crippen molar-refractivity contribution < 1.29 is 18.0 Å². The largest absolute Gasteiger partial charge is 0.354 e. The quantitative estimate of drug-likeness (QED) is 0.237. The van der Waals surface area contributed by atoms with Gasteiger partial charge in [0.2, 0.25) is 11.8 Å². The predicted octanol–water partition coefficient (Wildman–Crippen LogP) is 6.79. The molecule has 0 fully saturated rings. The molecule has 3 aromatic rings. The van der Waals surface area contributed by atoms with E-state index >= 15 is 0 Å². The second-order valence-electron chi connectivity index (χ2n) is 9.69. The molecule has 0 aliphatic rings. The highest BCUT2D eigenvalue weighted by Gasteiger charge is 2.34. The van der Waals surface area contributed by atoms with Gasteiger partial charge < -0.3 is 10.2 Å². The third-order valence-electron chi connectivity index (χ3n) is 6.67. The summed E-state index contributed by atoms with van der Waals surface area (Å²) in [6.45, 7) is 7.18. The van der Waals surface area contributed by atoms with Crippen molar-refractivity contribution in [3.63, 3.8) is 0 Å². The average Bonchev–Trinajstić information content (AvgIpc) is 2.94. The number of benzene rings is 3.